The largest absolute Gasteiger partial charge is 0.352 e. The third kappa shape index (κ3) is 4.30. The van der Waals surface area contributed by atoms with Gasteiger partial charge < -0.3 is 9.88 Å². The summed E-state index contributed by atoms with van der Waals surface area (Å²) in [6, 6.07) is 5.25. The molecule has 0 unspecified atom stereocenters. The van der Waals surface area contributed by atoms with Gasteiger partial charge in [0.15, 0.2) is 0 Å². The molecular weight excluding hydrogens is 378 g/mol. The standard InChI is InChI=1S/C23H31N5O2/c1-4-6-8-9-12-25-22(29)17-15-18-21(27(19(17)24)13-7-5-2)26-20-16(3)11-10-14-28(20)23(18)30/h10-11,14-15,24H,4-9,12-13H2,1-3H3,(H,25,29). The third-order valence-electron chi connectivity index (χ3n) is 5.43. The first kappa shape index (κ1) is 21.7. The monoisotopic (exact) mass is 409 g/mol. The van der Waals surface area contributed by atoms with Crippen molar-refractivity contribution in [3.63, 3.8) is 0 Å². The Kier molecular flexibility index (Phi) is 7.03. The van der Waals surface area contributed by atoms with E-state index in [0.29, 0.717) is 29.8 Å². The average Bonchev–Trinajstić information content (AvgIpc) is 2.73. The first-order valence-electron chi connectivity index (χ1n) is 10.9. The summed E-state index contributed by atoms with van der Waals surface area (Å²) in [5, 5.41) is 11.9. The maximum absolute atomic E-state index is 13.2. The highest BCUT2D eigenvalue weighted by atomic mass is 16.1. The Bertz CT molecular complexity index is 1180. The molecule has 0 saturated heterocycles. The molecule has 0 spiro atoms. The predicted octanol–water partition coefficient (Wildman–Crippen LogP) is 3.55. The molecule has 0 atom stereocenters. The zero-order valence-electron chi connectivity index (χ0n) is 18.1. The Balaban J connectivity index is 2.12. The van der Waals surface area contributed by atoms with E-state index in [1.165, 1.54) is 10.5 Å². The number of rotatable bonds is 9. The minimum atomic E-state index is -0.308. The quantitative estimate of drug-likeness (QED) is 0.418. The van der Waals surface area contributed by atoms with Crippen molar-refractivity contribution >= 4 is 22.6 Å². The van der Waals surface area contributed by atoms with Crippen molar-refractivity contribution in [2.45, 2.75) is 65.8 Å². The summed E-state index contributed by atoms with van der Waals surface area (Å²) in [4.78, 5) is 30.7. The highest BCUT2D eigenvalue weighted by Gasteiger charge is 2.17. The van der Waals surface area contributed by atoms with Crippen molar-refractivity contribution in [3.05, 3.63) is 51.4 Å². The maximum Gasteiger partial charge on any atom is 0.267 e. The van der Waals surface area contributed by atoms with E-state index in [9.17, 15) is 9.59 Å². The van der Waals surface area contributed by atoms with E-state index in [2.05, 4.69) is 19.2 Å². The smallest absolute Gasteiger partial charge is 0.267 e. The molecule has 0 bridgehead atoms. The molecule has 3 aromatic rings. The molecule has 0 radical (unpaired) electrons. The zero-order chi connectivity index (χ0) is 21.7. The number of carbonyl (C=O) groups excluding carboxylic acids is 1. The number of nitrogens with one attached hydrogen (secondary N) is 2. The summed E-state index contributed by atoms with van der Waals surface area (Å²) in [7, 11) is 0. The van der Waals surface area contributed by atoms with Crippen LogP contribution < -0.4 is 16.4 Å². The van der Waals surface area contributed by atoms with E-state index >= 15 is 0 Å². The van der Waals surface area contributed by atoms with Crippen molar-refractivity contribution in [3.8, 4) is 0 Å². The Morgan fingerprint density at radius 3 is 2.63 bits per heavy atom. The Morgan fingerprint density at radius 1 is 1.13 bits per heavy atom. The molecule has 0 aliphatic heterocycles. The summed E-state index contributed by atoms with van der Waals surface area (Å²) >= 11 is 0. The number of pyridine rings is 2. The summed E-state index contributed by atoms with van der Waals surface area (Å²) in [5.74, 6) is -0.308. The fourth-order valence-electron chi connectivity index (χ4n) is 3.65. The SMILES string of the molecule is CCCCCCNC(=O)c1cc2c(=O)n3cccc(C)c3nc2n(CCCC)c1=N. The molecule has 2 N–H and O–H groups in total. The second-order valence-corrected chi connectivity index (χ2v) is 7.77. The van der Waals surface area contributed by atoms with E-state index in [4.69, 9.17) is 10.4 Å². The number of hydrogen-bond donors (Lipinski definition) is 2. The van der Waals surface area contributed by atoms with Gasteiger partial charge in [0.05, 0.1) is 10.9 Å². The van der Waals surface area contributed by atoms with Gasteiger partial charge in [0.1, 0.15) is 16.8 Å². The van der Waals surface area contributed by atoms with Gasteiger partial charge in [0.25, 0.3) is 11.5 Å². The molecule has 30 heavy (non-hydrogen) atoms. The van der Waals surface area contributed by atoms with Crippen molar-refractivity contribution in [2.24, 2.45) is 0 Å². The van der Waals surface area contributed by atoms with Crippen LogP contribution in [0.5, 0.6) is 0 Å². The summed E-state index contributed by atoms with van der Waals surface area (Å²) in [5.41, 5.74) is 2.03. The Morgan fingerprint density at radius 2 is 1.90 bits per heavy atom. The highest BCUT2D eigenvalue weighted by molar-refractivity contribution is 5.96. The summed E-state index contributed by atoms with van der Waals surface area (Å²) < 4.78 is 3.22. The van der Waals surface area contributed by atoms with Crippen LogP contribution >= 0.6 is 0 Å². The number of hydrogen-bond acceptors (Lipinski definition) is 4. The van der Waals surface area contributed by atoms with E-state index in [1.807, 2.05) is 19.1 Å². The Hall–Kier alpha value is -2.96. The van der Waals surface area contributed by atoms with E-state index in [-0.39, 0.29) is 22.5 Å². The lowest BCUT2D eigenvalue weighted by Gasteiger charge is -2.15. The number of aryl methyl sites for hydroxylation is 2. The van der Waals surface area contributed by atoms with Gasteiger partial charge in [0.2, 0.25) is 0 Å². The van der Waals surface area contributed by atoms with Gasteiger partial charge in [-0.3, -0.25) is 19.4 Å². The van der Waals surface area contributed by atoms with Gasteiger partial charge in [-0.2, -0.15) is 0 Å². The first-order valence-corrected chi connectivity index (χ1v) is 10.9. The van der Waals surface area contributed by atoms with E-state index < -0.39 is 0 Å². The zero-order valence-corrected chi connectivity index (χ0v) is 18.1. The number of carbonyl (C=O) groups is 1. The third-order valence-corrected chi connectivity index (χ3v) is 5.43. The average molecular weight is 410 g/mol. The second kappa shape index (κ2) is 9.69. The summed E-state index contributed by atoms with van der Waals surface area (Å²) in [6.45, 7) is 7.23. The topological polar surface area (TPSA) is 92.2 Å². The molecule has 0 aliphatic carbocycles. The fraction of sp³-hybridized carbons (Fsp3) is 0.478. The van der Waals surface area contributed by atoms with Crippen LogP contribution in [0, 0.1) is 12.3 Å². The van der Waals surface area contributed by atoms with Gasteiger partial charge in [-0.05, 0) is 37.5 Å². The molecule has 3 rings (SSSR count). The minimum Gasteiger partial charge on any atom is -0.352 e. The number of fused-ring (bicyclic) bond motifs is 2. The maximum atomic E-state index is 13.2. The van der Waals surface area contributed by atoms with Gasteiger partial charge in [-0.15, -0.1) is 0 Å². The van der Waals surface area contributed by atoms with E-state index in [1.54, 1.807) is 10.8 Å². The van der Waals surface area contributed by atoms with Gasteiger partial charge in [-0.25, -0.2) is 4.98 Å². The Labute approximate surface area is 176 Å². The van der Waals surface area contributed by atoms with Crippen LogP contribution in [0.15, 0.2) is 29.2 Å². The van der Waals surface area contributed by atoms with Crippen LogP contribution in [0.1, 0.15) is 68.3 Å². The number of nitrogens with zero attached hydrogens (tertiary/aromatic N) is 3. The molecule has 0 aliphatic rings. The molecule has 7 nitrogen and oxygen atoms in total. The lowest BCUT2D eigenvalue weighted by atomic mass is 10.1. The molecule has 7 heteroatoms. The van der Waals surface area contributed by atoms with Gasteiger partial charge in [-0.1, -0.05) is 45.6 Å². The summed E-state index contributed by atoms with van der Waals surface area (Å²) in [6.07, 6.45) is 7.71. The predicted molar refractivity (Wildman–Crippen MR) is 119 cm³/mol. The molecule has 3 heterocycles. The molecule has 160 valence electrons. The van der Waals surface area contributed by atoms with Crippen molar-refractivity contribution in [1.82, 2.24) is 19.3 Å². The normalized spacial score (nSPS) is 11.3. The number of amides is 1. The first-order chi connectivity index (χ1) is 14.5. The van der Waals surface area contributed by atoms with Gasteiger partial charge in [0, 0.05) is 19.3 Å². The molecule has 0 fully saturated rings. The molecular formula is C23H31N5O2. The number of aromatic nitrogens is 3. The number of unbranched alkanes of at least 4 members (excludes halogenated alkanes) is 4. The van der Waals surface area contributed by atoms with Gasteiger partial charge >= 0.3 is 0 Å². The van der Waals surface area contributed by atoms with Crippen molar-refractivity contribution in [1.29, 1.82) is 5.41 Å². The fourth-order valence-corrected chi connectivity index (χ4v) is 3.65. The molecule has 3 aromatic heterocycles. The lowest BCUT2D eigenvalue weighted by Crippen LogP contribution is -2.35. The van der Waals surface area contributed by atoms with Crippen molar-refractivity contribution in [2.75, 3.05) is 6.54 Å². The van der Waals surface area contributed by atoms with Crippen LogP contribution in [0.25, 0.3) is 16.7 Å². The highest BCUT2D eigenvalue weighted by Crippen LogP contribution is 2.13. The van der Waals surface area contributed by atoms with Crippen LogP contribution in [-0.4, -0.2) is 26.4 Å². The van der Waals surface area contributed by atoms with Crippen molar-refractivity contribution < 1.29 is 4.79 Å². The lowest BCUT2D eigenvalue weighted by molar-refractivity contribution is 0.0950. The molecule has 0 saturated carbocycles. The second-order valence-electron chi connectivity index (χ2n) is 7.77. The minimum absolute atomic E-state index is 0.104. The molecule has 1 amide bonds. The molecule has 0 aromatic carbocycles. The van der Waals surface area contributed by atoms with E-state index in [0.717, 1.165) is 44.1 Å². The van der Waals surface area contributed by atoms with Crippen LogP contribution in [0.3, 0.4) is 0 Å². The van der Waals surface area contributed by atoms with Crippen LogP contribution in [0.4, 0.5) is 0 Å². The van der Waals surface area contributed by atoms with Crippen LogP contribution in [0.2, 0.25) is 0 Å². The van der Waals surface area contributed by atoms with Crippen LogP contribution in [-0.2, 0) is 6.54 Å².